The quantitative estimate of drug-likeness (QED) is 0.258. The van der Waals surface area contributed by atoms with Gasteiger partial charge in [0, 0.05) is 63.1 Å². The molecule has 0 bridgehead atoms. The summed E-state index contributed by atoms with van der Waals surface area (Å²) in [5.41, 5.74) is 0. The van der Waals surface area contributed by atoms with Crippen LogP contribution in [-0.2, 0) is 9.47 Å². The molecular weight excluding hydrogens is 597 g/mol. The Bertz CT molecular complexity index is 1480. The Morgan fingerprint density at radius 3 is 1.48 bits per heavy atom. The van der Waals surface area contributed by atoms with Crippen LogP contribution >= 0.6 is 23.1 Å². The molecule has 2 aromatic heterocycles. The fourth-order valence-electron chi connectivity index (χ4n) is 6.67. The Labute approximate surface area is 265 Å². The van der Waals surface area contributed by atoms with E-state index in [0.29, 0.717) is 39.4 Å². The van der Waals surface area contributed by atoms with E-state index in [-0.39, 0.29) is 24.0 Å². The van der Waals surface area contributed by atoms with Crippen molar-refractivity contribution in [2.45, 2.75) is 25.7 Å². The van der Waals surface area contributed by atoms with E-state index >= 15 is 0 Å². The van der Waals surface area contributed by atoms with Crippen molar-refractivity contribution in [3.8, 4) is 0 Å². The molecule has 2 aromatic carbocycles. The molecule has 3 fully saturated rings. The van der Waals surface area contributed by atoms with Gasteiger partial charge in [0.1, 0.15) is 11.6 Å². The fraction of sp³-hybridized carbons (Fsp3) is 0.500. The van der Waals surface area contributed by atoms with Crippen LogP contribution in [0.3, 0.4) is 0 Å². The minimum atomic E-state index is -0.250. The van der Waals surface area contributed by atoms with Crippen LogP contribution < -0.4 is 9.80 Å². The Morgan fingerprint density at radius 2 is 1.05 bits per heavy atom. The zero-order chi connectivity index (χ0) is 29.9. The second-order valence-electron chi connectivity index (χ2n) is 11.9. The number of ether oxygens (including phenoxy) is 2. The van der Waals surface area contributed by atoms with Gasteiger partial charge in [-0.2, -0.15) is 8.75 Å². The molecule has 2 aliphatic heterocycles. The lowest BCUT2D eigenvalue weighted by molar-refractivity contribution is 0.0313. The Kier molecular flexibility index (Phi) is 8.70. The van der Waals surface area contributed by atoms with Crippen LogP contribution in [0.1, 0.15) is 25.7 Å². The predicted molar refractivity (Wildman–Crippen MR) is 175 cm³/mol. The summed E-state index contributed by atoms with van der Waals surface area (Å²) >= 11 is 3.03. The molecule has 1 saturated carbocycles. The van der Waals surface area contributed by atoms with Gasteiger partial charge in [0.25, 0.3) is 0 Å². The molecule has 3 aliphatic rings. The Morgan fingerprint density at radius 1 is 0.636 bits per heavy atom. The van der Waals surface area contributed by atoms with E-state index in [9.17, 15) is 9.59 Å². The number of amides is 2. The SMILES string of the molecule is O=C(OC[C@@H]1CCCC[C@H]1COC(=O)N1CCN(c2nsc3ccccc23)CC1)N1CCN(c2nsc3ccccc23)CC1. The van der Waals surface area contributed by atoms with E-state index in [1.807, 2.05) is 24.3 Å². The molecule has 2 saturated heterocycles. The largest absolute Gasteiger partial charge is 0.449 e. The maximum absolute atomic E-state index is 13.0. The second kappa shape index (κ2) is 13.2. The Balaban J connectivity index is 0.853. The van der Waals surface area contributed by atoms with Gasteiger partial charge in [0.2, 0.25) is 0 Å². The summed E-state index contributed by atoms with van der Waals surface area (Å²) in [7, 11) is 0. The average molecular weight is 635 g/mol. The molecule has 4 aromatic rings. The number of aromatic nitrogens is 2. The number of benzene rings is 2. The van der Waals surface area contributed by atoms with E-state index in [2.05, 4.69) is 42.8 Å². The highest BCUT2D eigenvalue weighted by atomic mass is 32.1. The number of rotatable bonds is 6. The molecule has 0 unspecified atom stereocenters. The van der Waals surface area contributed by atoms with Gasteiger partial charge in [0.15, 0.2) is 0 Å². The number of hydrogen-bond acceptors (Lipinski definition) is 10. The molecule has 7 rings (SSSR count). The smallest absolute Gasteiger partial charge is 0.409 e. The second-order valence-corrected chi connectivity index (χ2v) is 13.5. The van der Waals surface area contributed by atoms with Gasteiger partial charge in [-0.15, -0.1) is 0 Å². The molecule has 0 spiro atoms. The number of carbonyl (C=O) groups excluding carboxylic acids is 2. The molecule has 0 N–H and O–H groups in total. The molecule has 0 radical (unpaired) electrons. The number of nitrogens with zero attached hydrogens (tertiary/aromatic N) is 6. The van der Waals surface area contributed by atoms with E-state index in [1.54, 1.807) is 9.80 Å². The van der Waals surface area contributed by atoms with Gasteiger partial charge >= 0.3 is 12.2 Å². The van der Waals surface area contributed by atoms with Gasteiger partial charge in [-0.25, -0.2) is 9.59 Å². The predicted octanol–water partition coefficient (Wildman–Crippen LogP) is 5.93. The molecule has 44 heavy (non-hydrogen) atoms. The summed E-state index contributed by atoms with van der Waals surface area (Å²) in [6, 6.07) is 16.6. The van der Waals surface area contributed by atoms with Crippen molar-refractivity contribution in [1.82, 2.24) is 18.5 Å². The van der Waals surface area contributed by atoms with Crippen molar-refractivity contribution < 1.29 is 19.1 Å². The third kappa shape index (κ3) is 6.14. The van der Waals surface area contributed by atoms with Gasteiger partial charge < -0.3 is 29.1 Å². The van der Waals surface area contributed by atoms with Crippen LogP contribution in [0.5, 0.6) is 0 Å². The maximum atomic E-state index is 13.0. The lowest BCUT2D eigenvalue weighted by Crippen LogP contribution is -2.49. The monoisotopic (exact) mass is 634 g/mol. The summed E-state index contributed by atoms with van der Waals surface area (Å²) in [6.07, 6.45) is 3.70. The van der Waals surface area contributed by atoms with Crippen molar-refractivity contribution in [2.75, 3.05) is 75.4 Å². The van der Waals surface area contributed by atoms with Gasteiger partial charge in [-0.3, -0.25) is 0 Å². The van der Waals surface area contributed by atoms with E-state index in [0.717, 1.165) is 63.5 Å². The standard InChI is InChI=1S/C32H38N6O4S2/c39-31(37-17-13-35(14-18-37)29-25-9-3-5-11-27(25)43-33-29)41-21-23-7-1-2-8-24(23)22-42-32(40)38-19-15-36(16-20-38)30-26-10-4-6-12-28(26)44-34-30/h3-6,9-12,23-24H,1-2,7-8,13-22H2/t23-,24-/m0/s1. The molecule has 4 heterocycles. The number of anilines is 2. The number of hydrogen-bond donors (Lipinski definition) is 0. The van der Waals surface area contributed by atoms with Gasteiger partial charge in [-0.05, 0) is 72.0 Å². The van der Waals surface area contributed by atoms with Crippen LogP contribution in [-0.4, -0.2) is 96.3 Å². The zero-order valence-electron chi connectivity index (χ0n) is 24.8. The number of carbonyl (C=O) groups is 2. The van der Waals surface area contributed by atoms with Gasteiger partial charge in [0.05, 0.1) is 22.6 Å². The molecule has 232 valence electrons. The van der Waals surface area contributed by atoms with Crippen molar-refractivity contribution in [2.24, 2.45) is 11.8 Å². The minimum Gasteiger partial charge on any atom is -0.449 e. The summed E-state index contributed by atoms with van der Waals surface area (Å²) in [4.78, 5) is 34.1. The van der Waals surface area contributed by atoms with Crippen molar-refractivity contribution >= 4 is 67.1 Å². The van der Waals surface area contributed by atoms with Gasteiger partial charge in [-0.1, -0.05) is 37.1 Å². The van der Waals surface area contributed by atoms with E-state index in [4.69, 9.17) is 9.47 Å². The Hall–Kier alpha value is -3.64. The zero-order valence-corrected chi connectivity index (χ0v) is 26.4. The first-order valence-corrected chi connectivity index (χ1v) is 17.2. The first-order valence-electron chi connectivity index (χ1n) is 15.7. The lowest BCUT2D eigenvalue weighted by atomic mass is 9.80. The third-order valence-corrected chi connectivity index (χ3v) is 10.9. The molecule has 2 atom stereocenters. The topological polar surface area (TPSA) is 91.3 Å². The van der Waals surface area contributed by atoms with Crippen molar-refractivity contribution in [3.05, 3.63) is 48.5 Å². The van der Waals surface area contributed by atoms with Crippen LogP contribution in [0.2, 0.25) is 0 Å². The highest BCUT2D eigenvalue weighted by Gasteiger charge is 2.31. The summed E-state index contributed by atoms with van der Waals surface area (Å²) in [5, 5.41) is 2.34. The molecule has 10 nitrogen and oxygen atoms in total. The highest BCUT2D eigenvalue weighted by Crippen LogP contribution is 2.33. The van der Waals surface area contributed by atoms with Crippen LogP contribution in [0.25, 0.3) is 20.2 Å². The molecular formula is C32H38N6O4S2. The van der Waals surface area contributed by atoms with E-state index in [1.165, 1.54) is 43.2 Å². The molecule has 1 aliphatic carbocycles. The highest BCUT2D eigenvalue weighted by molar-refractivity contribution is 7.14. The van der Waals surface area contributed by atoms with Crippen LogP contribution in [0, 0.1) is 11.8 Å². The van der Waals surface area contributed by atoms with Crippen LogP contribution in [0.15, 0.2) is 48.5 Å². The summed E-state index contributed by atoms with van der Waals surface area (Å²) in [6.45, 7) is 6.14. The number of piperazine rings is 2. The molecule has 2 amide bonds. The summed E-state index contributed by atoms with van der Waals surface area (Å²) < 4.78 is 23.4. The molecule has 12 heteroatoms. The third-order valence-electron chi connectivity index (χ3n) is 9.30. The van der Waals surface area contributed by atoms with Crippen molar-refractivity contribution in [3.63, 3.8) is 0 Å². The fourth-order valence-corrected chi connectivity index (χ4v) is 8.26. The minimum absolute atomic E-state index is 0.206. The number of fused-ring (bicyclic) bond motifs is 2. The average Bonchev–Trinajstić information content (AvgIpc) is 3.72. The van der Waals surface area contributed by atoms with Crippen LogP contribution in [0.4, 0.5) is 21.2 Å². The first kappa shape index (κ1) is 29.1. The first-order chi connectivity index (χ1) is 21.6. The summed E-state index contributed by atoms with van der Waals surface area (Å²) in [5.74, 6) is 2.43. The normalized spacial score (nSPS) is 21.2. The van der Waals surface area contributed by atoms with Crippen molar-refractivity contribution in [1.29, 1.82) is 0 Å². The lowest BCUT2D eigenvalue weighted by Gasteiger charge is -2.36. The van der Waals surface area contributed by atoms with E-state index < -0.39 is 0 Å². The maximum Gasteiger partial charge on any atom is 0.409 e.